The minimum atomic E-state index is -0.506. The summed E-state index contributed by atoms with van der Waals surface area (Å²) in [5.74, 6) is -0.326. The van der Waals surface area contributed by atoms with Gasteiger partial charge in [0.05, 0.1) is 6.54 Å². The fraction of sp³-hybridized carbons (Fsp3) is 0.700. The highest BCUT2D eigenvalue weighted by Crippen LogP contribution is 2.13. The van der Waals surface area contributed by atoms with E-state index in [0.29, 0.717) is 6.54 Å². The average molecular weight is 227 g/mol. The SMILES string of the molecule is CNC(=O)NC(=O)CN1CCCC(C=O)C1. The summed E-state index contributed by atoms with van der Waals surface area (Å²) < 4.78 is 0. The summed E-state index contributed by atoms with van der Waals surface area (Å²) in [5, 5.41) is 4.50. The van der Waals surface area contributed by atoms with Crippen molar-refractivity contribution in [3.8, 4) is 0 Å². The van der Waals surface area contributed by atoms with Crippen LogP contribution in [0.3, 0.4) is 0 Å². The van der Waals surface area contributed by atoms with Gasteiger partial charge in [0.25, 0.3) is 0 Å². The number of likely N-dealkylation sites (tertiary alicyclic amines) is 1. The molecule has 0 aliphatic carbocycles. The largest absolute Gasteiger partial charge is 0.341 e. The number of hydrogen-bond acceptors (Lipinski definition) is 4. The third-order valence-electron chi connectivity index (χ3n) is 2.58. The predicted molar refractivity (Wildman–Crippen MR) is 57.8 cm³/mol. The van der Waals surface area contributed by atoms with E-state index in [2.05, 4.69) is 10.6 Å². The van der Waals surface area contributed by atoms with Gasteiger partial charge in [0, 0.05) is 19.5 Å². The van der Waals surface area contributed by atoms with E-state index >= 15 is 0 Å². The summed E-state index contributed by atoms with van der Waals surface area (Å²) in [7, 11) is 1.45. The third kappa shape index (κ3) is 3.98. The molecule has 6 nitrogen and oxygen atoms in total. The molecule has 0 spiro atoms. The molecule has 90 valence electrons. The van der Waals surface area contributed by atoms with Crippen molar-refractivity contribution in [2.24, 2.45) is 5.92 Å². The molecule has 1 atom stereocenters. The van der Waals surface area contributed by atoms with Gasteiger partial charge in [-0.2, -0.15) is 0 Å². The van der Waals surface area contributed by atoms with Crippen molar-refractivity contribution in [3.63, 3.8) is 0 Å². The summed E-state index contributed by atoms with van der Waals surface area (Å²) in [6, 6.07) is -0.506. The van der Waals surface area contributed by atoms with Crippen LogP contribution in [0.2, 0.25) is 0 Å². The van der Waals surface area contributed by atoms with E-state index in [1.807, 2.05) is 4.90 Å². The Morgan fingerprint density at radius 1 is 1.50 bits per heavy atom. The number of rotatable bonds is 3. The number of carbonyl (C=O) groups is 3. The maximum absolute atomic E-state index is 11.4. The lowest BCUT2D eigenvalue weighted by Gasteiger charge is -2.29. The van der Waals surface area contributed by atoms with Gasteiger partial charge in [0.1, 0.15) is 6.29 Å². The Bertz CT molecular complexity index is 280. The first kappa shape index (κ1) is 12.6. The molecule has 0 radical (unpaired) electrons. The van der Waals surface area contributed by atoms with Crippen LogP contribution in [0.25, 0.3) is 0 Å². The number of hydrogen-bond donors (Lipinski definition) is 2. The van der Waals surface area contributed by atoms with Crippen LogP contribution in [0.1, 0.15) is 12.8 Å². The van der Waals surface area contributed by atoms with E-state index in [0.717, 1.165) is 25.7 Å². The van der Waals surface area contributed by atoms with Crippen LogP contribution >= 0.6 is 0 Å². The summed E-state index contributed by atoms with van der Waals surface area (Å²) in [6.45, 7) is 1.56. The van der Waals surface area contributed by atoms with Crippen LogP contribution in [0.5, 0.6) is 0 Å². The zero-order chi connectivity index (χ0) is 12.0. The van der Waals surface area contributed by atoms with E-state index in [9.17, 15) is 14.4 Å². The first-order chi connectivity index (χ1) is 7.65. The Labute approximate surface area is 94.4 Å². The lowest BCUT2D eigenvalue weighted by molar-refractivity contribution is -0.122. The van der Waals surface area contributed by atoms with Gasteiger partial charge in [-0.1, -0.05) is 0 Å². The van der Waals surface area contributed by atoms with Crippen LogP contribution in [-0.4, -0.2) is 49.8 Å². The lowest BCUT2D eigenvalue weighted by atomic mass is 10.00. The van der Waals surface area contributed by atoms with E-state index in [1.165, 1.54) is 7.05 Å². The van der Waals surface area contributed by atoms with Crippen molar-refractivity contribution >= 4 is 18.2 Å². The molecule has 0 aromatic carbocycles. The van der Waals surface area contributed by atoms with Gasteiger partial charge in [-0.05, 0) is 19.4 Å². The second kappa shape index (κ2) is 6.22. The molecule has 1 rings (SSSR count). The van der Waals surface area contributed by atoms with Crippen LogP contribution in [-0.2, 0) is 9.59 Å². The minimum absolute atomic E-state index is 0.0153. The van der Waals surface area contributed by atoms with E-state index in [4.69, 9.17) is 0 Å². The van der Waals surface area contributed by atoms with Gasteiger partial charge in [0.15, 0.2) is 0 Å². The Balaban J connectivity index is 2.33. The number of urea groups is 1. The molecule has 1 heterocycles. The van der Waals surface area contributed by atoms with Crippen LogP contribution in [0.15, 0.2) is 0 Å². The van der Waals surface area contributed by atoms with Crippen molar-refractivity contribution in [1.82, 2.24) is 15.5 Å². The molecular weight excluding hydrogens is 210 g/mol. The topological polar surface area (TPSA) is 78.5 Å². The maximum Gasteiger partial charge on any atom is 0.321 e. The fourth-order valence-electron chi connectivity index (χ4n) is 1.78. The second-order valence-corrected chi connectivity index (χ2v) is 3.90. The quantitative estimate of drug-likeness (QED) is 0.628. The van der Waals surface area contributed by atoms with Gasteiger partial charge in [-0.15, -0.1) is 0 Å². The zero-order valence-corrected chi connectivity index (χ0v) is 9.36. The molecule has 1 aliphatic rings. The number of amides is 3. The van der Waals surface area contributed by atoms with E-state index < -0.39 is 6.03 Å². The van der Waals surface area contributed by atoms with Crippen molar-refractivity contribution in [1.29, 1.82) is 0 Å². The average Bonchev–Trinajstić information content (AvgIpc) is 2.28. The maximum atomic E-state index is 11.4. The number of aldehydes is 1. The summed E-state index contributed by atoms with van der Waals surface area (Å²) in [4.78, 5) is 34.8. The van der Waals surface area contributed by atoms with Gasteiger partial charge >= 0.3 is 6.03 Å². The molecular formula is C10H17N3O3. The molecule has 0 aromatic rings. The standard InChI is InChI=1S/C10H17N3O3/c1-11-10(16)12-9(15)6-13-4-2-3-8(5-13)7-14/h7-8H,2-6H2,1H3,(H2,11,12,15,16). The molecule has 0 saturated carbocycles. The number of imide groups is 1. The normalized spacial score (nSPS) is 21.2. The highest BCUT2D eigenvalue weighted by atomic mass is 16.2. The predicted octanol–water partition coefficient (Wildman–Crippen LogP) is -0.647. The molecule has 1 saturated heterocycles. The molecule has 0 aromatic heterocycles. The van der Waals surface area contributed by atoms with Crippen molar-refractivity contribution in [2.75, 3.05) is 26.7 Å². The highest BCUT2D eigenvalue weighted by Gasteiger charge is 2.21. The first-order valence-corrected chi connectivity index (χ1v) is 5.35. The minimum Gasteiger partial charge on any atom is -0.341 e. The highest BCUT2D eigenvalue weighted by molar-refractivity contribution is 5.95. The molecule has 2 N–H and O–H groups in total. The van der Waals surface area contributed by atoms with Gasteiger partial charge in [0.2, 0.25) is 5.91 Å². The van der Waals surface area contributed by atoms with Gasteiger partial charge in [-0.25, -0.2) is 4.79 Å². The molecule has 3 amide bonds. The number of piperidine rings is 1. The lowest BCUT2D eigenvalue weighted by Crippen LogP contribution is -2.46. The van der Waals surface area contributed by atoms with Gasteiger partial charge in [-0.3, -0.25) is 15.0 Å². The Kier molecular flexibility index (Phi) is 4.91. The Morgan fingerprint density at radius 2 is 2.25 bits per heavy atom. The van der Waals surface area contributed by atoms with Crippen molar-refractivity contribution in [2.45, 2.75) is 12.8 Å². The first-order valence-electron chi connectivity index (χ1n) is 5.35. The molecule has 1 aliphatic heterocycles. The van der Waals surface area contributed by atoms with Crippen LogP contribution in [0.4, 0.5) is 4.79 Å². The molecule has 0 bridgehead atoms. The van der Waals surface area contributed by atoms with Crippen LogP contribution < -0.4 is 10.6 Å². The fourth-order valence-corrected chi connectivity index (χ4v) is 1.78. The molecule has 16 heavy (non-hydrogen) atoms. The van der Waals surface area contributed by atoms with Crippen molar-refractivity contribution in [3.05, 3.63) is 0 Å². The van der Waals surface area contributed by atoms with Crippen molar-refractivity contribution < 1.29 is 14.4 Å². The monoisotopic (exact) mass is 227 g/mol. The summed E-state index contributed by atoms with van der Waals surface area (Å²) in [5.41, 5.74) is 0. The zero-order valence-electron chi connectivity index (χ0n) is 9.36. The summed E-state index contributed by atoms with van der Waals surface area (Å²) >= 11 is 0. The third-order valence-corrected chi connectivity index (χ3v) is 2.58. The smallest absolute Gasteiger partial charge is 0.321 e. The number of carbonyl (C=O) groups excluding carboxylic acids is 3. The van der Waals surface area contributed by atoms with E-state index in [1.54, 1.807) is 0 Å². The number of nitrogens with one attached hydrogen (secondary N) is 2. The molecule has 1 unspecified atom stereocenters. The van der Waals surface area contributed by atoms with Crippen LogP contribution in [0, 0.1) is 5.92 Å². The Hall–Kier alpha value is -1.43. The number of nitrogens with zero attached hydrogens (tertiary/aromatic N) is 1. The van der Waals surface area contributed by atoms with E-state index in [-0.39, 0.29) is 18.4 Å². The second-order valence-electron chi connectivity index (χ2n) is 3.90. The Morgan fingerprint density at radius 3 is 2.88 bits per heavy atom. The van der Waals surface area contributed by atoms with Gasteiger partial charge < -0.3 is 10.1 Å². The molecule has 6 heteroatoms. The summed E-state index contributed by atoms with van der Waals surface area (Å²) in [6.07, 6.45) is 2.73. The molecule has 1 fully saturated rings.